The van der Waals surface area contributed by atoms with Crippen LogP contribution in [-0.2, 0) is 9.53 Å². The van der Waals surface area contributed by atoms with Crippen molar-refractivity contribution in [2.75, 3.05) is 18.6 Å². The van der Waals surface area contributed by atoms with E-state index in [1.807, 2.05) is 0 Å². The molecule has 15 heavy (non-hydrogen) atoms. The quantitative estimate of drug-likeness (QED) is 0.561. The number of alkyl halides is 3. The van der Waals surface area contributed by atoms with Gasteiger partial charge in [-0.15, -0.1) is 0 Å². The van der Waals surface area contributed by atoms with Gasteiger partial charge in [-0.3, -0.25) is 0 Å². The highest BCUT2D eigenvalue weighted by molar-refractivity contribution is 8.16. The minimum absolute atomic E-state index is 0.0475. The van der Waals surface area contributed by atoms with E-state index in [0.717, 1.165) is 0 Å². The van der Waals surface area contributed by atoms with Crippen molar-refractivity contribution >= 4 is 21.3 Å². The van der Waals surface area contributed by atoms with Crippen molar-refractivity contribution in [2.45, 2.75) is 26.4 Å². The fourth-order valence-electron chi connectivity index (χ4n) is 0.797. The van der Waals surface area contributed by atoms with E-state index in [1.165, 1.54) is 6.92 Å². The standard InChI is InChI=1S/C9H15F3O2S/c1-4-14-8(13)7(2)15(3)6-5-9(10,11)12/h4-6H2,1-3H3. The van der Waals surface area contributed by atoms with Gasteiger partial charge in [0.05, 0.1) is 17.9 Å². The molecule has 0 aromatic carbocycles. The van der Waals surface area contributed by atoms with Crippen LogP contribution in [0.1, 0.15) is 20.3 Å². The van der Waals surface area contributed by atoms with Crippen LogP contribution in [0.15, 0.2) is 0 Å². The number of rotatable bonds is 4. The predicted molar refractivity (Wildman–Crippen MR) is 56.4 cm³/mol. The number of hydrogen-bond donors (Lipinski definition) is 0. The summed E-state index contributed by atoms with van der Waals surface area (Å²) in [6.07, 6.45) is -3.39. The summed E-state index contributed by atoms with van der Waals surface area (Å²) in [4.78, 5) is 11.6. The number of carbonyl (C=O) groups is 1. The van der Waals surface area contributed by atoms with Crippen LogP contribution in [0.2, 0.25) is 0 Å². The van der Waals surface area contributed by atoms with Crippen LogP contribution in [0.25, 0.3) is 0 Å². The summed E-state index contributed by atoms with van der Waals surface area (Å²) in [5.41, 5.74) is 0. The minimum Gasteiger partial charge on any atom is -0.462 e. The summed E-state index contributed by atoms with van der Waals surface area (Å²) in [6.45, 7) is 3.43. The van der Waals surface area contributed by atoms with Gasteiger partial charge in [-0.1, -0.05) is 0 Å². The summed E-state index contributed by atoms with van der Waals surface area (Å²) in [7, 11) is -0.671. The van der Waals surface area contributed by atoms with Gasteiger partial charge in [-0.2, -0.15) is 23.7 Å². The molecule has 0 N–H and O–H groups in total. The molecule has 0 aliphatic rings. The second-order valence-corrected chi connectivity index (χ2v) is 5.28. The number of ether oxygens (including phenoxy) is 1. The highest BCUT2D eigenvalue weighted by Gasteiger charge is 2.26. The average Bonchev–Trinajstić information content (AvgIpc) is 2.12. The molecule has 0 fully saturated rings. The lowest BCUT2D eigenvalue weighted by Gasteiger charge is -2.10. The largest absolute Gasteiger partial charge is 0.462 e. The van der Waals surface area contributed by atoms with Crippen molar-refractivity contribution in [3.05, 3.63) is 0 Å². The summed E-state index contributed by atoms with van der Waals surface area (Å²) >= 11 is 0. The zero-order valence-electron chi connectivity index (χ0n) is 8.98. The van der Waals surface area contributed by atoms with Crippen LogP contribution in [0, 0.1) is 0 Å². The smallest absolute Gasteiger partial charge is 0.389 e. The topological polar surface area (TPSA) is 26.3 Å². The SMILES string of the molecule is CCOC(=O)/C(C)=S(/C)CCC(F)(F)F. The first-order chi connectivity index (χ1) is 6.78. The van der Waals surface area contributed by atoms with E-state index in [4.69, 9.17) is 4.74 Å². The Hall–Kier alpha value is -0.520. The highest BCUT2D eigenvalue weighted by atomic mass is 32.2. The number of hydrogen-bond acceptors (Lipinski definition) is 2. The molecule has 0 aromatic rings. The maximum Gasteiger partial charge on any atom is 0.389 e. The molecule has 0 spiro atoms. The van der Waals surface area contributed by atoms with E-state index in [1.54, 1.807) is 13.2 Å². The minimum atomic E-state index is -4.16. The molecule has 6 heteroatoms. The van der Waals surface area contributed by atoms with Crippen LogP contribution in [-0.4, -0.2) is 35.6 Å². The Morgan fingerprint density at radius 3 is 2.33 bits per heavy atom. The van der Waals surface area contributed by atoms with Crippen molar-refractivity contribution in [2.24, 2.45) is 0 Å². The molecule has 0 rings (SSSR count). The van der Waals surface area contributed by atoms with Gasteiger partial charge in [0, 0.05) is 0 Å². The van der Waals surface area contributed by atoms with Gasteiger partial charge in [0.25, 0.3) is 0 Å². The number of esters is 1. The summed E-state index contributed by atoms with van der Waals surface area (Å²) in [6, 6.07) is 0. The Morgan fingerprint density at radius 1 is 1.40 bits per heavy atom. The molecule has 1 atom stereocenters. The van der Waals surface area contributed by atoms with E-state index < -0.39 is 29.1 Å². The lowest BCUT2D eigenvalue weighted by molar-refractivity contribution is -0.135. The van der Waals surface area contributed by atoms with E-state index in [0.29, 0.717) is 4.86 Å². The zero-order valence-corrected chi connectivity index (χ0v) is 9.80. The molecule has 2 nitrogen and oxygen atoms in total. The van der Waals surface area contributed by atoms with Gasteiger partial charge in [-0.25, -0.2) is 4.79 Å². The van der Waals surface area contributed by atoms with Gasteiger partial charge < -0.3 is 4.74 Å². The molecule has 0 radical (unpaired) electrons. The second kappa shape index (κ2) is 6.15. The van der Waals surface area contributed by atoms with Crippen LogP contribution in [0.4, 0.5) is 13.2 Å². The lowest BCUT2D eigenvalue weighted by atomic mass is 10.5. The maximum atomic E-state index is 11.9. The third kappa shape index (κ3) is 6.54. The molecule has 90 valence electrons. The van der Waals surface area contributed by atoms with Crippen molar-refractivity contribution in [3.8, 4) is 0 Å². The van der Waals surface area contributed by atoms with Gasteiger partial charge in [-0.05, 0) is 25.9 Å². The molecular weight excluding hydrogens is 229 g/mol. The third-order valence-corrected chi connectivity index (χ3v) is 3.81. The molecule has 0 saturated heterocycles. The van der Waals surface area contributed by atoms with Gasteiger partial charge >= 0.3 is 12.1 Å². The average molecular weight is 244 g/mol. The normalized spacial score (nSPS) is 14.7. The monoisotopic (exact) mass is 244 g/mol. The molecule has 0 aliphatic heterocycles. The molecular formula is C9H15F3O2S. The Balaban J connectivity index is 4.33. The first-order valence-corrected chi connectivity index (χ1v) is 6.28. The van der Waals surface area contributed by atoms with Gasteiger partial charge in [0.2, 0.25) is 0 Å². The van der Waals surface area contributed by atoms with Crippen LogP contribution >= 0.6 is 10.5 Å². The predicted octanol–water partition coefficient (Wildman–Crippen LogP) is 2.59. The number of halogens is 3. The fourth-order valence-corrected chi connectivity index (χ4v) is 1.98. The second-order valence-electron chi connectivity index (χ2n) is 2.98. The van der Waals surface area contributed by atoms with Crippen LogP contribution in [0.3, 0.4) is 0 Å². The van der Waals surface area contributed by atoms with Crippen LogP contribution < -0.4 is 0 Å². The third-order valence-electron chi connectivity index (χ3n) is 1.78. The van der Waals surface area contributed by atoms with Crippen molar-refractivity contribution < 1.29 is 22.7 Å². The summed E-state index contributed by atoms with van der Waals surface area (Å²) in [5.74, 6) is -0.542. The molecule has 0 heterocycles. The first kappa shape index (κ1) is 14.5. The number of carbonyl (C=O) groups excluding carboxylic acids is 1. The highest BCUT2D eigenvalue weighted by Crippen LogP contribution is 2.24. The Labute approximate surface area is 89.7 Å². The van der Waals surface area contributed by atoms with E-state index in [9.17, 15) is 18.0 Å². The van der Waals surface area contributed by atoms with E-state index in [2.05, 4.69) is 0 Å². The van der Waals surface area contributed by atoms with Crippen LogP contribution in [0.5, 0.6) is 0 Å². The van der Waals surface area contributed by atoms with Crippen molar-refractivity contribution in [1.29, 1.82) is 0 Å². The van der Waals surface area contributed by atoms with Gasteiger partial charge in [0.15, 0.2) is 0 Å². The summed E-state index contributed by atoms with van der Waals surface area (Å²) < 4.78 is 40.4. The molecule has 0 amide bonds. The molecule has 0 aliphatic carbocycles. The Bertz CT molecular complexity index is 259. The van der Waals surface area contributed by atoms with Gasteiger partial charge in [0.1, 0.15) is 0 Å². The maximum absolute atomic E-state index is 11.9. The first-order valence-electron chi connectivity index (χ1n) is 4.48. The Kier molecular flexibility index (Phi) is 5.93. The molecule has 0 bridgehead atoms. The molecule has 1 unspecified atom stereocenters. The lowest BCUT2D eigenvalue weighted by Crippen LogP contribution is -2.16. The Morgan fingerprint density at radius 2 is 1.93 bits per heavy atom. The van der Waals surface area contributed by atoms with E-state index >= 15 is 0 Å². The van der Waals surface area contributed by atoms with Crippen molar-refractivity contribution in [1.82, 2.24) is 0 Å². The van der Waals surface area contributed by atoms with Crippen molar-refractivity contribution in [3.63, 3.8) is 0 Å². The fraction of sp³-hybridized carbons (Fsp3) is 0.778. The molecule has 0 saturated carbocycles. The molecule has 0 aromatic heterocycles. The summed E-state index contributed by atoms with van der Waals surface area (Å²) in [5, 5.41) is 0. The van der Waals surface area contributed by atoms with E-state index in [-0.39, 0.29) is 12.4 Å². The zero-order chi connectivity index (χ0) is 12.1.